The standard InChI is InChI=1S/C14H14O2/c1-2-10-6-5-8-12(14(10)16)11-7-3-4-9-13(11)15/h3-9,15-16H,2H2,1H3. The maximum absolute atomic E-state index is 10.1. The van der Waals surface area contributed by atoms with Gasteiger partial charge in [-0.05, 0) is 18.1 Å². The lowest BCUT2D eigenvalue weighted by Gasteiger charge is -2.09. The van der Waals surface area contributed by atoms with E-state index in [0.717, 1.165) is 12.0 Å². The first-order chi connectivity index (χ1) is 7.74. The van der Waals surface area contributed by atoms with E-state index in [4.69, 9.17) is 0 Å². The van der Waals surface area contributed by atoms with Gasteiger partial charge in [0.25, 0.3) is 0 Å². The van der Waals surface area contributed by atoms with Crippen LogP contribution < -0.4 is 0 Å². The number of hydrogen-bond donors (Lipinski definition) is 2. The lowest BCUT2D eigenvalue weighted by Crippen LogP contribution is -1.86. The van der Waals surface area contributed by atoms with Gasteiger partial charge >= 0.3 is 0 Å². The third-order valence-corrected chi connectivity index (χ3v) is 2.69. The van der Waals surface area contributed by atoms with Gasteiger partial charge in [0.05, 0.1) is 0 Å². The summed E-state index contributed by atoms with van der Waals surface area (Å²) in [6, 6.07) is 12.6. The number of phenols is 2. The van der Waals surface area contributed by atoms with Gasteiger partial charge < -0.3 is 10.2 Å². The van der Waals surface area contributed by atoms with Crippen LogP contribution >= 0.6 is 0 Å². The van der Waals surface area contributed by atoms with Crippen LogP contribution in [0.1, 0.15) is 12.5 Å². The van der Waals surface area contributed by atoms with Crippen molar-refractivity contribution in [1.82, 2.24) is 0 Å². The van der Waals surface area contributed by atoms with Crippen LogP contribution in [-0.2, 0) is 6.42 Å². The zero-order valence-corrected chi connectivity index (χ0v) is 9.14. The molecule has 0 fully saturated rings. The lowest BCUT2D eigenvalue weighted by atomic mass is 9.99. The average Bonchev–Trinajstić information content (AvgIpc) is 2.31. The van der Waals surface area contributed by atoms with E-state index < -0.39 is 0 Å². The van der Waals surface area contributed by atoms with Crippen LogP contribution in [0.3, 0.4) is 0 Å². The van der Waals surface area contributed by atoms with E-state index in [0.29, 0.717) is 11.1 Å². The second-order valence-electron chi connectivity index (χ2n) is 3.68. The van der Waals surface area contributed by atoms with Crippen molar-refractivity contribution in [2.75, 3.05) is 0 Å². The van der Waals surface area contributed by atoms with Gasteiger partial charge in [0.1, 0.15) is 11.5 Å². The van der Waals surface area contributed by atoms with Crippen LogP contribution in [0.4, 0.5) is 0 Å². The van der Waals surface area contributed by atoms with E-state index in [1.165, 1.54) is 0 Å². The van der Waals surface area contributed by atoms with Crippen molar-refractivity contribution in [3.8, 4) is 22.6 Å². The van der Waals surface area contributed by atoms with E-state index >= 15 is 0 Å². The molecule has 2 heteroatoms. The molecule has 0 saturated heterocycles. The number of para-hydroxylation sites is 2. The molecule has 2 aromatic carbocycles. The molecule has 0 unspecified atom stereocenters. The van der Waals surface area contributed by atoms with Crippen LogP contribution in [0, 0.1) is 0 Å². The van der Waals surface area contributed by atoms with Crippen LogP contribution in [0.15, 0.2) is 42.5 Å². The summed E-state index contributed by atoms with van der Waals surface area (Å²) in [6.45, 7) is 1.99. The van der Waals surface area contributed by atoms with Gasteiger partial charge in [-0.15, -0.1) is 0 Å². The van der Waals surface area contributed by atoms with Gasteiger partial charge in [0, 0.05) is 11.1 Å². The van der Waals surface area contributed by atoms with Crippen LogP contribution in [0.25, 0.3) is 11.1 Å². The third kappa shape index (κ3) is 1.74. The molecule has 16 heavy (non-hydrogen) atoms. The Labute approximate surface area is 94.8 Å². The quantitative estimate of drug-likeness (QED) is 0.805. The van der Waals surface area contributed by atoms with E-state index in [9.17, 15) is 10.2 Å². The Hall–Kier alpha value is -1.96. The Balaban J connectivity index is 2.61. The topological polar surface area (TPSA) is 40.5 Å². The molecule has 82 valence electrons. The minimum atomic E-state index is 0.186. The number of phenolic OH excluding ortho intramolecular Hbond substituents is 2. The Morgan fingerprint density at radius 1 is 0.875 bits per heavy atom. The van der Waals surface area contributed by atoms with Crippen molar-refractivity contribution in [2.45, 2.75) is 13.3 Å². The number of aryl methyl sites for hydroxylation is 1. The summed E-state index contributed by atoms with van der Waals surface area (Å²) < 4.78 is 0. The predicted molar refractivity (Wildman–Crippen MR) is 64.6 cm³/mol. The van der Waals surface area contributed by atoms with Gasteiger partial charge in [-0.2, -0.15) is 0 Å². The molecular weight excluding hydrogens is 200 g/mol. The molecule has 0 aromatic heterocycles. The second kappa shape index (κ2) is 4.27. The number of benzene rings is 2. The summed E-state index contributed by atoms with van der Waals surface area (Å²) in [6.07, 6.45) is 0.771. The van der Waals surface area contributed by atoms with Crippen molar-refractivity contribution in [3.63, 3.8) is 0 Å². The monoisotopic (exact) mass is 214 g/mol. The zero-order valence-electron chi connectivity index (χ0n) is 9.14. The molecule has 0 aliphatic rings. The van der Waals surface area contributed by atoms with Gasteiger partial charge in [-0.3, -0.25) is 0 Å². The van der Waals surface area contributed by atoms with Gasteiger partial charge in [-0.25, -0.2) is 0 Å². The summed E-state index contributed by atoms with van der Waals surface area (Å²) in [5.74, 6) is 0.442. The first-order valence-corrected chi connectivity index (χ1v) is 5.33. The van der Waals surface area contributed by atoms with Crippen molar-refractivity contribution < 1.29 is 10.2 Å². The van der Waals surface area contributed by atoms with Crippen molar-refractivity contribution in [3.05, 3.63) is 48.0 Å². The maximum atomic E-state index is 10.1. The fourth-order valence-corrected chi connectivity index (χ4v) is 1.80. The molecule has 0 radical (unpaired) electrons. The molecule has 0 spiro atoms. The maximum Gasteiger partial charge on any atom is 0.126 e. The molecular formula is C14H14O2. The highest BCUT2D eigenvalue weighted by atomic mass is 16.3. The van der Waals surface area contributed by atoms with E-state index in [1.54, 1.807) is 18.2 Å². The van der Waals surface area contributed by atoms with Crippen LogP contribution in [-0.4, -0.2) is 10.2 Å². The Kier molecular flexibility index (Phi) is 2.82. The molecule has 0 bridgehead atoms. The van der Waals surface area contributed by atoms with Gasteiger partial charge in [0.2, 0.25) is 0 Å². The molecule has 0 aliphatic carbocycles. The highest BCUT2D eigenvalue weighted by molar-refractivity contribution is 5.76. The second-order valence-corrected chi connectivity index (χ2v) is 3.68. The molecule has 0 saturated carbocycles. The largest absolute Gasteiger partial charge is 0.507 e. The third-order valence-electron chi connectivity index (χ3n) is 2.69. The van der Waals surface area contributed by atoms with Gasteiger partial charge in [0.15, 0.2) is 0 Å². The molecule has 2 N–H and O–H groups in total. The molecule has 2 rings (SSSR count). The number of aromatic hydroxyl groups is 2. The van der Waals surface area contributed by atoms with E-state index in [1.807, 2.05) is 31.2 Å². The zero-order chi connectivity index (χ0) is 11.5. The summed E-state index contributed by atoms with van der Waals surface area (Å²) >= 11 is 0. The smallest absolute Gasteiger partial charge is 0.126 e. The van der Waals surface area contributed by atoms with E-state index in [-0.39, 0.29) is 11.5 Å². The first kappa shape index (κ1) is 10.6. The Morgan fingerprint density at radius 3 is 2.25 bits per heavy atom. The minimum absolute atomic E-state index is 0.186. The van der Waals surface area contributed by atoms with Crippen molar-refractivity contribution in [2.24, 2.45) is 0 Å². The van der Waals surface area contributed by atoms with E-state index in [2.05, 4.69) is 0 Å². The predicted octanol–water partition coefficient (Wildman–Crippen LogP) is 3.33. The molecule has 0 amide bonds. The molecule has 0 atom stereocenters. The highest BCUT2D eigenvalue weighted by Crippen LogP contribution is 2.36. The highest BCUT2D eigenvalue weighted by Gasteiger charge is 2.10. The summed E-state index contributed by atoms with van der Waals surface area (Å²) in [7, 11) is 0. The molecule has 0 aliphatic heterocycles. The van der Waals surface area contributed by atoms with Crippen LogP contribution in [0.5, 0.6) is 11.5 Å². The van der Waals surface area contributed by atoms with Gasteiger partial charge in [-0.1, -0.05) is 43.3 Å². The average molecular weight is 214 g/mol. The lowest BCUT2D eigenvalue weighted by molar-refractivity contribution is 0.465. The molecule has 2 nitrogen and oxygen atoms in total. The van der Waals surface area contributed by atoms with Crippen LogP contribution in [0.2, 0.25) is 0 Å². The summed E-state index contributed by atoms with van der Waals surface area (Å²) in [4.78, 5) is 0. The first-order valence-electron chi connectivity index (χ1n) is 5.33. The Bertz CT molecular complexity index is 504. The summed E-state index contributed by atoms with van der Waals surface area (Å²) in [5.41, 5.74) is 2.23. The summed E-state index contributed by atoms with van der Waals surface area (Å²) in [5, 5.41) is 19.8. The SMILES string of the molecule is CCc1cccc(-c2ccccc2O)c1O. The van der Waals surface area contributed by atoms with Crippen molar-refractivity contribution >= 4 is 0 Å². The fourth-order valence-electron chi connectivity index (χ4n) is 1.80. The number of rotatable bonds is 2. The molecule has 2 aromatic rings. The van der Waals surface area contributed by atoms with Crippen molar-refractivity contribution in [1.29, 1.82) is 0 Å². The Morgan fingerprint density at radius 2 is 1.56 bits per heavy atom. The fraction of sp³-hybridized carbons (Fsp3) is 0.143. The number of hydrogen-bond acceptors (Lipinski definition) is 2. The normalized spacial score (nSPS) is 10.3. The molecule has 0 heterocycles. The minimum Gasteiger partial charge on any atom is -0.507 e.